The molecule has 0 spiro atoms. The van der Waals surface area contributed by atoms with E-state index in [2.05, 4.69) is 17.2 Å². The Labute approximate surface area is 195 Å². The summed E-state index contributed by atoms with van der Waals surface area (Å²) in [4.78, 5) is 4.46. The van der Waals surface area contributed by atoms with Crippen molar-refractivity contribution in [1.29, 1.82) is 0 Å². The number of anilines is 2. The SMILES string of the molecule is CCCCCCCCOc1ccc(Nc2nc(-c3ccc(Cl)cc3)cs2)cc1C(F)(F)F. The molecule has 0 aliphatic heterocycles. The minimum absolute atomic E-state index is 0.141. The fraction of sp³-hybridized carbons (Fsp3) is 0.375. The molecule has 1 aromatic heterocycles. The highest BCUT2D eigenvalue weighted by Gasteiger charge is 2.34. The van der Waals surface area contributed by atoms with Crippen molar-refractivity contribution >= 4 is 33.8 Å². The number of unbranched alkanes of at least 4 members (excludes halogenated alkanes) is 5. The van der Waals surface area contributed by atoms with Gasteiger partial charge in [0.05, 0.1) is 17.9 Å². The maximum atomic E-state index is 13.6. The van der Waals surface area contributed by atoms with E-state index in [1.165, 1.54) is 23.8 Å². The molecular formula is C24H26ClF3N2OS. The highest BCUT2D eigenvalue weighted by Crippen LogP contribution is 2.39. The summed E-state index contributed by atoms with van der Waals surface area (Å²) in [6.45, 7) is 2.42. The molecule has 0 amide bonds. The van der Waals surface area contributed by atoms with Crippen molar-refractivity contribution < 1.29 is 17.9 Å². The van der Waals surface area contributed by atoms with Crippen LogP contribution in [0.4, 0.5) is 24.0 Å². The van der Waals surface area contributed by atoms with Gasteiger partial charge in [-0.25, -0.2) is 4.98 Å². The van der Waals surface area contributed by atoms with Gasteiger partial charge >= 0.3 is 6.18 Å². The predicted molar refractivity (Wildman–Crippen MR) is 126 cm³/mol. The summed E-state index contributed by atoms with van der Waals surface area (Å²) in [5.41, 5.74) is 1.13. The highest BCUT2D eigenvalue weighted by molar-refractivity contribution is 7.14. The van der Waals surface area contributed by atoms with Crippen molar-refractivity contribution in [2.75, 3.05) is 11.9 Å². The van der Waals surface area contributed by atoms with Gasteiger partial charge in [-0.05, 0) is 36.8 Å². The zero-order chi connectivity index (χ0) is 23.0. The van der Waals surface area contributed by atoms with Crippen molar-refractivity contribution in [2.24, 2.45) is 0 Å². The van der Waals surface area contributed by atoms with Crippen LogP contribution < -0.4 is 10.1 Å². The lowest BCUT2D eigenvalue weighted by atomic mass is 10.1. The number of hydrogen-bond donors (Lipinski definition) is 1. The van der Waals surface area contributed by atoms with E-state index in [1.807, 2.05) is 17.5 Å². The van der Waals surface area contributed by atoms with Gasteiger partial charge in [-0.15, -0.1) is 11.3 Å². The number of hydrogen-bond acceptors (Lipinski definition) is 4. The zero-order valence-corrected chi connectivity index (χ0v) is 19.4. The maximum Gasteiger partial charge on any atom is 0.420 e. The first kappa shape index (κ1) is 24.4. The summed E-state index contributed by atoms with van der Waals surface area (Å²) in [6, 6.07) is 11.2. The minimum Gasteiger partial charge on any atom is -0.493 e. The molecule has 0 saturated carbocycles. The first-order chi connectivity index (χ1) is 15.4. The second kappa shape index (κ2) is 11.6. The van der Waals surface area contributed by atoms with Crippen LogP contribution in [0.1, 0.15) is 51.0 Å². The lowest BCUT2D eigenvalue weighted by molar-refractivity contribution is -0.138. The molecule has 0 unspecified atom stereocenters. The molecule has 3 rings (SSSR count). The van der Waals surface area contributed by atoms with Crippen molar-refractivity contribution in [2.45, 2.75) is 51.6 Å². The summed E-state index contributed by atoms with van der Waals surface area (Å²) >= 11 is 7.23. The third kappa shape index (κ3) is 7.14. The average Bonchev–Trinajstić information content (AvgIpc) is 3.22. The molecule has 3 aromatic rings. The maximum absolute atomic E-state index is 13.6. The summed E-state index contributed by atoms with van der Waals surface area (Å²) in [7, 11) is 0. The lowest BCUT2D eigenvalue weighted by Crippen LogP contribution is -2.10. The van der Waals surface area contributed by atoms with Gasteiger partial charge in [0.1, 0.15) is 5.75 Å². The lowest BCUT2D eigenvalue weighted by Gasteiger charge is -2.15. The van der Waals surface area contributed by atoms with Gasteiger partial charge < -0.3 is 10.1 Å². The van der Waals surface area contributed by atoms with Gasteiger partial charge in [0.15, 0.2) is 5.13 Å². The number of alkyl halides is 3. The molecule has 172 valence electrons. The number of nitrogens with zero attached hydrogens (tertiary/aromatic N) is 1. The second-order valence-electron chi connectivity index (χ2n) is 7.49. The van der Waals surface area contributed by atoms with Crippen LogP contribution in [0.15, 0.2) is 47.8 Å². The van der Waals surface area contributed by atoms with Crippen LogP contribution >= 0.6 is 22.9 Å². The van der Waals surface area contributed by atoms with Crippen LogP contribution in [0.5, 0.6) is 5.75 Å². The summed E-state index contributed by atoms with van der Waals surface area (Å²) < 4.78 is 46.3. The van der Waals surface area contributed by atoms with E-state index >= 15 is 0 Å². The molecule has 1 N–H and O–H groups in total. The Balaban J connectivity index is 1.64. The molecule has 0 aliphatic rings. The Morgan fingerprint density at radius 2 is 1.72 bits per heavy atom. The molecule has 8 heteroatoms. The molecule has 2 aromatic carbocycles. The van der Waals surface area contributed by atoms with Crippen LogP contribution in [-0.2, 0) is 6.18 Å². The average molecular weight is 483 g/mol. The van der Waals surface area contributed by atoms with Gasteiger partial charge in [-0.2, -0.15) is 13.2 Å². The molecule has 0 atom stereocenters. The number of rotatable bonds is 11. The fourth-order valence-corrected chi connectivity index (χ4v) is 4.09. The Hall–Kier alpha value is -2.25. The normalized spacial score (nSPS) is 11.5. The minimum atomic E-state index is -4.51. The Kier molecular flexibility index (Phi) is 8.82. The third-order valence-corrected chi connectivity index (χ3v) is 5.95. The standard InChI is InChI=1S/C24H26ClF3N2OS/c1-2-3-4-5-6-7-14-31-22-13-12-19(15-20(22)24(26,27)28)29-23-30-21(16-32-23)17-8-10-18(25)11-9-17/h8-13,15-16H,2-7,14H2,1H3,(H,29,30). The first-order valence-corrected chi connectivity index (χ1v) is 11.9. The van der Waals surface area contributed by atoms with E-state index in [9.17, 15) is 13.2 Å². The van der Waals surface area contributed by atoms with Crippen LogP contribution in [0, 0.1) is 0 Å². The van der Waals surface area contributed by atoms with Crippen LogP contribution in [0.3, 0.4) is 0 Å². The van der Waals surface area contributed by atoms with E-state index in [1.54, 1.807) is 18.2 Å². The smallest absolute Gasteiger partial charge is 0.420 e. The summed E-state index contributed by atoms with van der Waals surface area (Å²) in [5, 5.41) is 5.94. The Morgan fingerprint density at radius 3 is 2.44 bits per heavy atom. The molecule has 0 saturated heterocycles. The summed E-state index contributed by atoms with van der Waals surface area (Å²) in [6.07, 6.45) is 1.78. The van der Waals surface area contributed by atoms with E-state index in [4.69, 9.17) is 16.3 Å². The number of ether oxygens (including phenoxy) is 1. The Morgan fingerprint density at radius 1 is 1.00 bits per heavy atom. The van der Waals surface area contributed by atoms with Gasteiger partial charge in [0.2, 0.25) is 0 Å². The molecule has 32 heavy (non-hydrogen) atoms. The van der Waals surface area contributed by atoms with Gasteiger partial charge in [0, 0.05) is 21.7 Å². The Bertz CT molecular complexity index is 990. The monoisotopic (exact) mass is 482 g/mol. The molecule has 0 fully saturated rings. The highest BCUT2D eigenvalue weighted by atomic mass is 35.5. The van der Waals surface area contributed by atoms with Crippen molar-refractivity contribution in [3.05, 3.63) is 58.4 Å². The first-order valence-electron chi connectivity index (χ1n) is 10.7. The van der Waals surface area contributed by atoms with Gasteiger partial charge in [-0.1, -0.05) is 62.8 Å². The van der Waals surface area contributed by atoms with E-state index in [-0.39, 0.29) is 12.4 Å². The quantitative estimate of drug-likeness (QED) is 0.277. The number of aromatic nitrogens is 1. The van der Waals surface area contributed by atoms with Crippen molar-refractivity contribution in [3.63, 3.8) is 0 Å². The molecule has 3 nitrogen and oxygen atoms in total. The fourth-order valence-electron chi connectivity index (χ4n) is 3.23. The van der Waals surface area contributed by atoms with E-state index in [0.717, 1.165) is 49.4 Å². The number of thiazole rings is 1. The summed E-state index contributed by atoms with van der Waals surface area (Å²) in [5.74, 6) is -0.141. The van der Waals surface area contributed by atoms with Gasteiger partial charge in [-0.3, -0.25) is 0 Å². The van der Waals surface area contributed by atoms with Crippen LogP contribution in [0.25, 0.3) is 11.3 Å². The van der Waals surface area contributed by atoms with Crippen LogP contribution in [0.2, 0.25) is 5.02 Å². The number of halogens is 4. The van der Waals surface area contributed by atoms with E-state index < -0.39 is 11.7 Å². The molecular weight excluding hydrogens is 457 g/mol. The van der Waals surface area contributed by atoms with Gasteiger partial charge in [0.25, 0.3) is 0 Å². The third-order valence-electron chi connectivity index (χ3n) is 4.94. The second-order valence-corrected chi connectivity index (χ2v) is 8.79. The molecule has 0 aliphatic carbocycles. The molecule has 0 radical (unpaired) electrons. The van der Waals surface area contributed by atoms with Crippen molar-refractivity contribution in [1.82, 2.24) is 4.98 Å². The molecule has 0 bridgehead atoms. The predicted octanol–water partition coefficient (Wildman–Crippen LogP) is 8.97. The zero-order valence-electron chi connectivity index (χ0n) is 17.8. The topological polar surface area (TPSA) is 34.1 Å². The largest absolute Gasteiger partial charge is 0.493 e. The number of nitrogens with one attached hydrogen (secondary N) is 1. The van der Waals surface area contributed by atoms with Crippen LogP contribution in [-0.4, -0.2) is 11.6 Å². The van der Waals surface area contributed by atoms with E-state index in [0.29, 0.717) is 15.8 Å². The van der Waals surface area contributed by atoms with Crippen molar-refractivity contribution in [3.8, 4) is 17.0 Å². The number of benzene rings is 2. The molecule has 1 heterocycles.